The number of benzene rings is 2. The number of thiophene rings is 1. The molecule has 2 N–H and O–H groups in total. The van der Waals surface area contributed by atoms with Crippen molar-refractivity contribution in [2.24, 2.45) is 0 Å². The third kappa shape index (κ3) is 5.78. The van der Waals surface area contributed by atoms with Crippen molar-refractivity contribution in [2.45, 2.75) is 13.0 Å². The fourth-order valence-electron chi connectivity index (χ4n) is 2.69. The number of anilines is 1. The Bertz CT molecular complexity index is 1010. The number of nitrogens with one attached hydrogen (secondary N) is 2. The zero-order valence-electron chi connectivity index (χ0n) is 16.8. The van der Waals surface area contributed by atoms with Gasteiger partial charge in [-0.1, -0.05) is 30.3 Å². The van der Waals surface area contributed by atoms with E-state index in [1.54, 1.807) is 49.3 Å². The second-order valence-corrected chi connectivity index (χ2v) is 7.92. The summed E-state index contributed by atoms with van der Waals surface area (Å²) < 4.78 is 0. The lowest BCUT2D eigenvalue weighted by Crippen LogP contribution is -2.23. The van der Waals surface area contributed by atoms with E-state index in [-0.39, 0.29) is 17.7 Å². The maximum atomic E-state index is 12.5. The fourth-order valence-corrected chi connectivity index (χ4v) is 3.33. The highest BCUT2D eigenvalue weighted by atomic mass is 32.1. The molecule has 1 heterocycles. The van der Waals surface area contributed by atoms with Gasteiger partial charge in [-0.2, -0.15) is 0 Å². The highest BCUT2D eigenvalue weighted by Gasteiger charge is 2.09. The first kappa shape index (κ1) is 21.3. The Morgan fingerprint density at radius 3 is 2.13 bits per heavy atom. The van der Waals surface area contributed by atoms with Crippen molar-refractivity contribution < 1.29 is 14.4 Å². The minimum Gasteiger partial charge on any atom is -0.349 e. The van der Waals surface area contributed by atoms with E-state index in [9.17, 15) is 14.4 Å². The van der Waals surface area contributed by atoms with Gasteiger partial charge in [0.15, 0.2) is 0 Å². The van der Waals surface area contributed by atoms with Gasteiger partial charge in [0.2, 0.25) is 5.91 Å². The van der Waals surface area contributed by atoms with Crippen LogP contribution in [0.2, 0.25) is 0 Å². The maximum absolute atomic E-state index is 12.5. The van der Waals surface area contributed by atoms with Crippen molar-refractivity contribution in [2.75, 3.05) is 19.4 Å². The summed E-state index contributed by atoms with van der Waals surface area (Å²) in [5.74, 6) is -0.303. The summed E-state index contributed by atoms with van der Waals surface area (Å²) in [5.41, 5.74) is 2.98. The van der Waals surface area contributed by atoms with E-state index in [4.69, 9.17) is 0 Å². The Morgan fingerprint density at radius 2 is 1.53 bits per heavy atom. The van der Waals surface area contributed by atoms with Gasteiger partial charge in [0.1, 0.15) is 0 Å². The molecule has 0 spiro atoms. The van der Waals surface area contributed by atoms with Crippen LogP contribution in [0, 0.1) is 0 Å². The van der Waals surface area contributed by atoms with E-state index in [1.165, 1.54) is 11.3 Å². The van der Waals surface area contributed by atoms with E-state index >= 15 is 0 Å². The predicted molar refractivity (Wildman–Crippen MR) is 119 cm³/mol. The average molecular weight is 422 g/mol. The minimum atomic E-state index is -0.221. The number of amides is 3. The van der Waals surface area contributed by atoms with Crippen molar-refractivity contribution in [3.8, 4) is 0 Å². The molecule has 0 unspecified atom stereocenters. The molecule has 2 aromatic carbocycles. The Hall–Kier alpha value is -3.45. The molecule has 7 heteroatoms. The van der Waals surface area contributed by atoms with Crippen LogP contribution in [0.15, 0.2) is 66.0 Å². The molecule has 30 heavy (non-hydrogen) atoms. The third-order valence-electron chi connectivity index (χ3n) is 4.48. The Morgan fingerprint density at radius 1 is 0.867 bits per heavy atom. The number of rotatable bonds is 7. The van der Waals surface area contributed by atoms with Gasteiger partial charge < -0.3 is 15.5 Å². The molecule has 3 rings (SSSR count). The van der Waals surface area contributed by atoms with Gasteiger partial charge in [-0.05, 0) is 46.8 Å². The van der Waals surface area contributed by atoms with Crippen molar-refractivity contribution in [1.29, 1.82) is 0 Å². The quantitative estimate of drug-likeness (QED) is 0.612. The zero-order chi connectivity index (χ0) is 21.5. The van der Waals surface area contributed by atoms with Gasteiger partial charge in [-0.25, -0.2) is 0 Å². The van der Waals surface area contributed by atoms with Crippen molar-refractivity contribution in [3.63, 3.8) is 0 Å². The van der Waals surface area contributed by atoms with Crippen molar-refractivity contribution >= 4 is 34.7 Å². The van der Waals surface area contributed by atoms with Crippen LogP contribution in [0.5, 0.6) is 0 Å². The summed E-state index contributed by atoms with van der Waals surface area (Å²) in [7, 11) is 3.44. The minimum absolute atomic E-state index is 0.0263. The van der Waals surface area contributed by atoms with Crippen LogP contribution in [0.4, 0.5) is 5.69 Å². The molecular weight excluding hydrogens is 398 g/mol. The number of hydrogen-bond donors (Lipinski definition) is 2. The van der Waals surface area contributed by atoms with Gasteiger partial charge in [0, 0.05) is 31.9 Å². The molecule has 3 amide bonds. The summed E-state index contributed by atoms with van der Waals surface area (Å²) in [6, 6.07) is 17.9. The van der Waals surface area contributed by atoms with E-state index in [2.05, 4.69) is 10.6 Å². The molecular formula is C23H23N3O3S. The van der Waals surface area contributed by atoms with E-state index in [1.807, 2.05) is 35.7 Å². The zero-order valence-corrected chi connectivity index (χ0v) is 17.7. The molecule has 6 nitrogen and oxygen atoms in total. The summed E-state index contributed by atoms with van der Waals surface area (Å²) in [4.78, 5) is 38.4. The molecule has 154 valence electrons. The van der Waals surface area contributed by atoms with Crippen molar-refractivity contribution in [3.05, 3.63) is 87.6 Å². The van der Waals surface area contributed by atoms with E-state index in [0.29, 0.717) is 29.1 Å². The standard InChI is InChI=1S/C23H23N3O3S/c1-26(2)21(27)14-16-7-11-19(12-8-16)25-22(28)18-9-5-17(6-10-18)15-24-23(29)20-4-3-13-30-20/h3-13H,14-15H2,1-2H3,(H,24,29)(H,25,28). The van der Waals surface area contributed by atoms with Crippen LogP contribution in [0.3, 0.4) is 0 Å². The topological polar surface area (TPSA) is 78.5 Å². The van der Waals surface area contributed by atoms with Crippen LogP contribution >= 0.6 is 11.3 Å². The predicted octanol–water partition coefficient (Wildman–Crippen LogP) is 3.56. The monoisotopic (exact) mass is 421 g/mol. The molecule has 0 aliphatic heterocycles. The molecule has 0 aliphatic carbocycles. The van der Waals surface area contributed by atoms with Crippen LogP contribution in [-0.2, 0) is 17.8 Å². The summed E-state index contributed by atoms with van der Waals surface area (Å²) >= 11 is 1.39. The normalized spacial score (nSPS) is 10.3. The van der Waals surface area contributed by atoms with Crippen LogP contribution in [0.25, 0.3) is 0 Å². The van der Waals surface area contributed by atoms with Gasteiger partial charge >= 0.3 is 0 Å². The first-order valence-electron chi connectivity index (χ1n) is 9.43. The Balaban J connectivity index is 1.53. The molecule has 0 atom stereocenters. The molecule has 0 aliphatic rings. The number of carbonyl (C=O) groups excluding carboxylic acids is 3. The van der Waals surface area contributed by atoms with Crippen molar-refractivity contribution in [1.82, 2.24) is 10.2 Å². The number of nitrogens with zero attached hydrogens (tertiary/aromatic N) is 1. The van der Waals surface area contributed by atoms with Crippen LogP contribution in [-0.4, -0.2) is 36.7 Å². The molecule has 0 radical (unpaired) electrons. The van der Waals surface area contributed by atoms with E-state index < -0.39 is 0 Å². The SMILES string of the molecule is CN(C)C(=O)Cc1ccc(NC(=O)c2ccc(CNC(=O)c3cccs3)cc2)cc1. The second kappa shape index (κ2) is 9.84. The first-order chi connectivity index (χ1) is 14.4. The van der Waals surface area contributed by atoms with Gasteiger partial charge in [-0.15, -0.1) is 11.3 Å². The van der Waals surface area contributed by atoms with Crippen LogP contribution < -0.4 is 10.6 Å². The lowest BCUT2D eigenvalue weighted by molar-refractivity contribution is -0.127. The smallest absolute Gasteiger partial charge is 0.261 e. The maximum Gasteiger partial charge on any atom is 0.261 e. The Kier molecular flexibility index (Phi) is 6.98. The number of likely N-dealkylation sites (N-methyl/N-ethyl adjacent to an activating group) is 1. The van der Waals surface area contributed by atoms with Gasteiger partial charge in [0.05, 0.1) is 11.3 Å². The molecule has 1 aromatic heterocycles. The highest BCUT2D eigenvalue weighted by molar-refractivity contribution is 7.12. The molecule has 0 saturated heterocycles. The molecule has 0 fully saturated rings. The lowest BCUT2D eigenvalue weighted by atomic mass is 10.1. The molecule has 0 bridgehead atoms. The lowest BCUT2D eigenvalue weighted by Gasteiger charge is -2.11. The Labute approximate surface area is 179 Å². The summed E-state index contributed by atoms with van der Waals surface area (Å²) in [6.45, 7) is 0.395. The van der Waals surface area contributed by atoms with Crippen LogP contribution in [0.1, 0.15) is 31.2 Å². The molecule has 3 aromatic rings. The van der Waals surface area contributed by atoms with E-state index in [0.717, 1.165) is 11.1 Å². The summed E-state index contributed by atoms with van der Waals surface area (Å²) in [5, 5.41) is 7.57. The van der Waals surface area contributed by atoms with Gasteiger partial charge in [-0.3, -0.25) is 14.4 Å². The average Bonchev–Trinajstić information content (AvgIpc) is 3.28. The van der Waals surface area contributed by atoms with Gasteiger partial charge in [0.25, 0.3) is 11.8 Å². The first-order valence-corrected chi connectivity index (χ1v) is 10.3. The second-order valence-electron chi connectivity index (χ2n) is 6.97. The fraction of sp³-hybridized carbons (Fsp3) is 0.174. The highest BCUT2D eigenvalue weighted by Crippen LogP contribution is 2.13. The number of hydrogen-bond acceptors (Lipinski definition) is 4. The molecule has 0 saturated carbocycles. The summed E-state index contributed by atoms with van der Waals surface area (Å²) in [6.07, 6.45) is 0.325. The third-order valence-corrected chi connectivity index (χ3v) is 5.35. The largest absolute Gasteiger partial charge is 0.349 e. The number of carbonyl (C=O) groups is 3.